The molecule has 3 aromatic heterocycles. The predicted molar refractivity (Wildman–Crippen MR) is 110 cm³/mol. The van der Waals surface area contributed by atoms with Crippen molar-refractivity contribution in [3.8, 4) is 11.3 Å². The summed E-state index contributed by atoms with van der Waals surface area (Å²) in [7, 11) is 0. The summed E-state index contributed by atoms with van der Waals surface area (Å²) in [5.41, 5.74) is 10.5. The molecule has 28 heavy (non-hydrogen) atoms. The van der Waals surface area contributed by atoms with E-state index in [0.717, 1.165) is 46.0 Å². The molecule has 1 saturated carbocycles. The van der Waals surface area contributed by atoms with E-state index in [-0.39, 0.29) is 11.9 Å². The minimum Gasteiger partial charge on any atom is -0.383 e. The minimum absolute atomic E-state index is 0.0189. The number of aromatic amines is 1. The third-order valence-corrected chi connectivity index (χ3v) is 5.28. The zero-order chi connectivity index (χ0) is 19.4. The van der Waals surface area contributed by atoms with Gasteiger partial charge in [0.2, 0.25) is 0 Å². The third kappa shape index (κ3) is 2.70. The van der Waals surface area contributed by atoms with Crippen LogP contribution in [0, 0.1) is 0 Å². The number of aromatic nitrogens is 4. The van der Waals surface area contributed by atoms with Crippen molar-refractivity contribution in [3.05, 3.63) is 42.4 Å². The second kappa shape index (κ2) is 6.09. The average molecular weight is 374 g/mol. The Balaban J connectivity index is 1.62. The summed E-state index contributed by atoms with van der Waals surface area (Å²) in [6.07, 6.45) is 5.70. The predicted octanol–water partition coefficient (Wildman–Crippen LogP) is 3.63. The number of H-pyrrole nitrogens is 1. The molecule has 7 heteroatoms. The van der Waals surface area contributed by atoms with E-state index in [9.17, 15) is 4.79 Å². The van der Waals surface area contributed by atoms with Crippen LogP contribution in [0.1, 0.15) is 43.1 Å². The highest BCUT2D eigenvalue weighted by molar-refractivity contribution is 6.03. The van der Waals surface area contributed by atoms with Crippen LogP contribution in [-0.4, -0.2) is 31.5 Å². The SMILES string of the molecule is CC(C)n1cc(-c2cc3ccc(C(=O)NC4CC4)cc3[nH]2)c2c(N)ncnc21. The molecule has 7 nitrogen and oxygen atoms in total. The van der Waals surface area contributed by atoms with Gasteiger partial charge in [0.15, 0.2) is 0 Å². The van der Waals surface area contributed by atoms with Gasteiger partial charge in [-0.05, 0) is 44.9 Å². The smallest absolute Gasteiger partial charge is 0.251 e. The first-order chi connectivity index (χ1) is 13.5. The fourth-order valence-corrected chi connectivity index (χ4v) is 3.62. The van der Waals surface area contributed by atoms with Gasteiger partial charge in [-0.2, -0.15) is 0 Å². The van der Waals surface area contributed by atoms with Crippen molar-refractivity contribution in [2.24, 2.45) is 0 Å². The molecule has 3 heterocycles. The number of benzene rings is 1. The lowest BCUT2D eigenvalue weighted by Gasteiger charge is -2.07. The highest BCUT2D eigenvalue weighted by atomic mass is 16.1. The van der Waals surface area contributed by atoms with Crippen molar-refractivity contribution in [2.75, 3.05) is 5.73 Å². The number of fused-ring (bicyclic) bond motifs is 2. The Bertz CT molecular complexity index is 1210. The van der Waals surface area contributed by atoms with Crippen LogP contribution in [0.2, 0.25) is 0 Å². The number of amides is 1. The Morgan fingerprint density at radius 1 is 1.29 bits per heavy atom. The molecule has 1 fully saturated rings. The first-order valence-electron chi connectivity index (χ1n) is 9.56. The number of anilines is 1. The maximum absolute atomic E-state index is 12.4. The Morgan fingerprint density at radius 2 is 2.11 bits per heavy atom. The van der Waals surface area contributed by atoms with Crippen LogP contribution >= 0.6 is 0 Å². The summed E-state index contributed by atoms with van der Waals surface area (Å²) < 4.78 is 2.10. The summed E-state index contributed by atoms with van der Waals surface area (Å²) in [4.78, 5) is 24.4. The molecule has 4 N–H and O–H groups in total. The number of nitrogens with one attached hydrogen (secondary N) is 2. The summed E-state index contributed by atoms with van der Waals surface area (Å²) in [6, 6.07) is 8.40. The lowest BCUT2D eigenvalue weighted by molar-refractivity contribution is 0.0951. The molecule has 4 aromatic rings. The van der Waals surface area contributed by atoms with Crippen molar-refractivity contribution >= 4 is 33.7 Å². The molecule has 0 aliphatic heterocycles. The third-order valence-electron chi connectivity index (χ3n) is 5.28. The van der Waals surface area contributed by atoms with E-state index in [4.69, 9.17) is 5.73 Å². The monoisotopic (exact) mass is 374 g/mol. The van der Waals surface area contributed by atoms with Crippen LogP contribution in [0.15, 0.2) is 36.8 Å². The number of nitrogens with zero attached hydrogens (tertiary/aromatic N) is 3. The molecule has 0 spiro atoms. The number of hydrogen-bond acceptors (Lipinski definition) is 4. The van der Waals surface area contributed by atoms with Crippen molar-refractivity contribution < 1.29 is 4.79 Å². The van der Waals surface area contributed by atoms with Crippen LogP contribution in [-0.2, 0) is 0 Å². The topological polar surface area (TPSA) is 102 Å². The summed E-state index contributed by atoms with van der Waals surface area (Å²) in [6.45, 7) is 4.22. The van der Waals surface area contributed by atoms with Crippen LogP contribution in [0.3, 0.4) is 0 Å². The van der Waals surface area contributed by atoms with Crippen molar-refractivity contribution in [3.63, 3.8) is 0 Å². The summed E-state index contributed by atoms with van der Waals surface area (Å²) >= 11 is 0. The Kier molecular flexibility index (Phi) is 3.65. The molecule has 1 aliphatic carbocycles. The molecule has 0 saturated heterocycles. The van der Waals surface area contributed by atoms with Crippen molar-refractivity contribution in [2.45, 2.75) is 38.8 Å². The Labute approximate surface area is 162 Å². The van der Waals surface area contributed by atoms with Gasteiger partial charge in [0.05, 0.1) is 5.39 Å². The van der Waals surface area contributed by atoms with E-state index >= 15 is 0 Å². The van der Waals surface area contributed by atoms with Gasteiger partial charge >= 0.3 is 0 Å². The normalized spacial score (nSPS) is 14.2. The van der Waals surface area contributed by atoms with Gasteiger partial charge in [-0.15, -0.1) is 0 Å². The van der Waals surface area contributed by atoms with Gasteiger partial charge in [0.25, 0.3) is 5.91 Å². The number of carbonyl (C=O) groups excluding carboxylic acids is 1. The number of nitrogen functional groups attached to an aromatic ring is 1. The second-order valence-corrected chi connectivity index (χ2v) is 7.73. The van der Waals surface area contributed by atoms with Crippen LogP contribution < -0.4 is 11.1 Å². The fourth-order valence-electron chi connectivity index (χ4n) is 3.62. The molecule has 1 amide bonds. The van der Waals surface area contributed by atoms with Gasteiger partial charge in [0.1, 0.15) is 17.8 Å². The maximum atomic E-state index is 12.4. The zero-order valence-electron chi connectivity index (χ0n) is 15.9. The fraction of sp³-hybridized carbons (Fsp3) is 0.286. The highest BCUT2D eigenvalue weighted by Gasteiger charge is 2.24. The van der Waals surface area contributed by atoms with Crippen LogP contribution in [0.4, 0.5) is 5.82 Å². The summed E-state index contributed by atoms with van der Waals surface area (Å²) in [5.74, 6) is 0.442. The molecule has 1 aliphatic rings. The van der Waals surface area contributed by atoms with Gasteiger partial charge in [-0.3, -0.25) is 4.79 Å². The van der Waals surface area contributed by atoms with Crippen molar-refractivity contribution in [1.82, 2.24) is 24.8 Å². The van der Waals surface area contributed by atoms with Crippen LogP contribution in [0.5, 0.6) is 0 Å². The number of rotatable bonds is 4. The lowest BCUT2D eigenvalue weighted by atomic mass is 10.1. The molecule has 1 aromatic carbocycles. The number of hydrogen-bond donors (Lipinski definition) is 3. The van der Waals surface area contributed by atoms with E-state index < -0.39 is 0 Å². The quantitative estimate of drug-likeness (QED) is 0.507. The Morgan fingerprint density at radius 3 is 2.86 bits per heavy atom. The maximum Gasteiger partial charge on any atom is 0.251 e. The van der Waals surface area contributed by atoms with Crippen LogP contribution in [0.25, 0.3) is 33.2 Å². The van der Waals surface area contributed by atoms with E-state index in [2.05, 4.69) is 50.9 Å². The Hall–Kier alpha value is -3.35. The van der Waals surface area contributed by atoms with E-state index in [1.54, 1.807) is 0 Å². The highest BCUT2D eigenvalue weighted by Crippen LogP contribution is 2.35. The van der Waals surface area contributed by atoms with Gasteiger partial charge < -0.3 is 20.6 Å². The second-order valence-electron chi connectivity index (χ2n) is 7.73. The molecule has 0 atom stereocenters. The van der Waals surface area contributed by atoms with Crippen molar-refractivity contribution in [1.29, 1.82) is 0 Å². The summed E-state index contributed by atoms with van der Waals surface area (Å²) in [5, 5.41) is 4.91. The molecule has 0 bridgehead atoms. The van der Waals surface area contributed by atoms with E-state index in [1.165, 1.54) is 6.33 Å². The standard InChI is InChI=1S/C21H22N6O/c1-11(2)27-9-15(18-19(22)23-10-24-20(18)27)17-7-12-3-4-13(8-16(12)26-17)21(28)25-14-5-6-14/h3-4,7-11,14,26H,5-6H2,1-2H3,(H,25,28)(H2,22,23,24). The molecule has 0 radical (unpaired) electrons. The first-order valence-corrected chi connectivity index (χ1v) is 9.56. The first kappa shape index (κ1) is 16.8. The van der Waals surface area contributed by atoms with E-state index in [1.807, 2.05) is 18.2 Å². The average Bonchev–Trinajstić information content (AvgIpc) is 3.24. The zero-order valence-corrected chi connectivity index (χ0v) is 15.9. The van der Waals surface area contributed by atoms with Gasteiger partial charge in [-0.25, -0.2) is 9.97 Å². The minimum atomic E-state index is -0.0189. The molecular weight excluding hydrogens is 352 g/mol. The lowest BCUT2D eigenvalue weighted by Crippen LogP contribution is -2.25. The number of carbonyl (C=O) groups is 1. The molecule has 0 unspecified atom stereocenters. The van der Waals surface area contributed by atoms with E-state index in [0.29, 0.717) is 17.4 Å². The van der Waals surface area contributed by atoms with Gasteiger partial charge in [-0.1, -0.05) is 6.07 Å². The number of nitrogens with two attached hydrogens (primary N) is 1. The van der Waals surface area contributed by atoms with Gasteiger partial charge in [0, 0.05) is 46.0 Å². The largest absolute Gasteiger partial charge is 0.383 e. The molecule has 142 valence electrons. The molecule has 5 rings (SSSR count). The molecular formula is C21H22N6O.